The third-order valence-electron chi connectivity index (χ3n) is 5.56. The number of fused-ring (bicyclic) bond motifs is 1. The molecular weight excluding hydrogens is 515 g/mol. The third kappa shape index (κ3) is 4.24. The lowest BCUT2D eigenvalue weighted by molar-refractivity contribution is 0.399. The monoisotopic (exact) mass is 540 g/mol. The molecule has 164 valence electrons. The van der Waals surface area contributed by atoms with E-state index >= 15 is 0 Å². The van der Waals surface area contributed by atoms with Crippen molar-refractivity contribution in [3.63, 3.8) is 0 Å². The van der Waals surface area contributed by atoms with E-state index in [4.69, 9.17) is 4.74 Å². The number of aromatic amines is 1. The van der Waals surface area contributed by atoms with Gasteiger partial charge in [-0.25, -0.2) is 4.79 Å². The Labute approximate surface area is 200 Å². The zero-order valence-corrected chi connectivity index (χ0v) is 20.7. The van der Waals surface area contributed by atoms with E-state index in [0.29, 0.717) is 5.69 Å². The minimum atomic E-state index is -0.474. The minimum Gasteiger partial charge on any atom is -0.496 e. The number of benzene rings is 3. The van der Waals surface area contributed by atoms with Gasteiger partial charge in [0.2, 0.25) is 0 Å². The van der Waals surface area contributed by atoms with Gasteiger partial charge in [0, 0.05) is 27.8 Å². The molecule has 1 aromatic heterocycles. The van der Waals surface area contributed by atoms with E-state index in [9.17, 15) is 9.59 Å². The third-order valence-corrected chi connectivity index (χ3v) is 6.44. The minimum absolute atomic E-state index is 0.228. The zero-order valence-electron chi connectivity index (χ0n) is 18.5. The number of ether oxygens (including phenoxy) is 1. The average Bonchev–Trinajstić information content (AvgIpc) is 2.76. The highest BCUT2D eigenvalue weighted by molar-refractivity contribution is 14.1. The van der Waals surface area contributed by atoms with Crippen molar-refractivity contribution >= 4 is 33.4 Å². The topological polar surface area (TPSA) is 64.1 Å². The molecule has 0 atom stereocenters. The maximum atomic E-state index is 12.5. The van der Waals surface area contributed by atoms with Crippen LogP contribution in [0.4, 0.5) is 0 Å². The van der Waals surface area contributed by atoms with Gasteiger partial charge in [-0.05, 0) is 45.5 Å². The lowest BCUT2D eigenvalue weighted by atomic mass is 9.83. The molecule has 0 radical (unpaired) electrons. The molecule has 0 aliphatic rings. The van der Waals surface area contributed by atoms with Crippen LogP contribution in [0.1, 0.15) is 31.9 Å². The van der Waals surface area contributed by atoms with E-state index in [-0.39, 0.29) is 5.41 Å². The number of aromatic nitrogens is 2. The molecule has 0 aliphatic heterocycles. The Balaban J connectivity index is 2.01. The summed E-state index contributed by atoms with van der Waals surface area (Å²) in [6, 6.07) is 18.1. The second-order valence-corrected chi connectivity index (χ2v) is 9.60. The van der Waals surface area contributed by atoms with Gasteiger partial charge in [-0.3, -0.25) is 14.3 Å². The van der Waals surface area contributed by atoms with Gasteiger partial charge in [-0.2, -0.15) is 0 Å². The quantitative estimate of drug-likeness (QED) is 0.271. The van der Waals surface area contributed by atoms with Gasteiger partial charge in [-0.1, -0.05) is 73.7 Å². The first-order valence-electron chi connectivity index (χ1n) is 10.3. The predicted octanol–water partition coefficient (Wildman–Crippen LogP) is 5.59. The molecule has 0 saturated carbocycles. The number of rotatable bonds is 4. The molecule has 0 bridgehead atoms. The summed E-state index contributed by atoms with van der Waals surface area (Å²) >= 11 is 2.37. The van der Waals surface area contributed by atoms with Crippen LogP contribution in [-0.2, 0) is 9.84 Å². The van der Waals surface area contributed by atoms with E-state index in [0.717, 1.165) is 32.3 Å². The number of methoxy groups -OCH3 is 1. The smallest absolute Gasteiger partial charge is 0.332 e. The Hall–Kier alpha value is -2.87. The molecule has 0 unspecified atom stereocenters. The number of nitrogens with one attached hydrogen (secondary N) is 1. The summed E-state index contributed by atoms with van der Waals surface area (Å²) in [6.07, 6.45) is 1.51. The fourth-order valence-electron chi connectivity index (χ4n) is 3.91. The van der Waals surface area contributed by atoms with Crippen molar-refractivity contribution < 1.29 is 4.74 Å². The van der Waals surface area contributed by atoms with Crippen molar-refractivity contribution in [2.24, 2.45) is 0 Å². The highest BCUT2D eigenvalue weighted by atomic mass is 127. The maximum Gasteiger partial charge on any atom is 0.332 e. The second-order valence-electron chi connectivity index (χ2n) is 8.83. The molecule has 1 N–H and O–H groups in total. The van der Waals surface area contributed by atoms with Crippen LogP contribution in [-0.4, -0.2) is 16.7 Å². The Bertz CT molecular complexity index is 1430. The molecule has 3 aromatic carbocycles. The molecule has 0 aliphatic carbocycles. The van der Waals surface area contributed by atoms with Crippen molar-refractivity contribution in [3.05, 3.63) is 92.8 Å². The molecule has 1 heterocycles. The summed E-state index contributed by atoms with van der Waals surface area (Å²) in [6.45, 7) is 6.33. The van der Waals surface area contributed by atoms with Crippen LogP contribution in [0.5, 0.6) is 5.75 Å². The molecule has 5 nitrogen and oxygen atoms in total. The number of hydrogen-bond donors (Lipinski definition) is 1. The summed E-state index contributed by atoms with van der Waals surface area (Å²) in [5.74, 6) is 0.780. The van der Waals surface area contributed by atoms with Crippen LogP contribution in [0.25, 0.3) is 27.6 Å². The Morgan fingerprint density at radius 3 is 2.34 bits per heavy atom. The number of halogens is 1. The van der Waals surface area contributed by atoms with Crippen LogP contribution < -0.4 is 16.0 Å². The fraction of sp³-hybridized carbons (Fsp3) is 0.231. The summed E-state index contributed by atoms with van der Waals surface area (Å²) in [5.41, 5.74) is 3.72. The zero-order chi connectivity index (χ0) is 23.0. The van der Waals surface area contributed by atoms with Gasteiger partial charge in [0.05, 0.1) is 12.8 Å². The first-order valence-corrected chi connectivity index (χ1v) is 11.9. The maximum absolute atomic E-state index is 12.5. The lowest BCUT2D eigenvalue weighted by Crippen LogP contribution is -2.27. The number of hydrogen-bond acceptors (Lipinski definition) is 3. The average molecular weight is 540 g/mol. The van der Waals surface area contributed by atoms with Crippen molar-refractivity contribution in [2.45, 2.75) is 30.6 Å². The van der Waals surface area contributed by atoms with E-state index in [2.05, 4.69) is 84.7 Å². The molecule has 0 spiro atoms. The standard InChI is InChI=1S/C26H25IN2O3/c1-26(2,3)22-14-20(29-10-9-23(30)28-25(29)31)13-21(24(22)32-4)19-8-7-17-11-16(15-27)5-6-18(17)12-19/h5-14H,15H2,1-4H3,(H,28,30,31). The lowest BCUT2D eigenvalue weighted by Gasteiger charge is -2.25. The summed E-state index contributed by atoms with van der Waals surface area (Å²) in [7, 11) is 1.67. The van der Waals surface area contributed by atoms with Gasteiger partial charge in [-0.15, -0.1) is 0 Å². The van der Waals surface area contributed by atoms with Crippen LogP contribution in [0.15, 0.2) is 70.4 Å². The molecule has 0 saturated heterocycles. The van der Waals surface area contributed by atoms with Gasteiger partial charge in [0.25, 0.3) is 5.56 Å². The summed E-state index contributed by atoms with van der Waals surface area (Å²) in [5, 5.41) is 2.33. The van der Waals surface area contributed by atoms with Crippen LogP contribution in [0.3, 0.4) is 0 Å². The van der Waals surface area contributed by atoms with E-state index in [1.807, 2.05) is 12.1 Å². The van der Waals surface area contributed by atoms with E-state index in [1.54, 1.807) is 7.11 Å². The molecule has 6 heteroatoms. The van der Waals surface area contributed by atoms with Crippen molar-refractivity contribution in [1.82, 2.24) is 9.55 Å². The Kier molecular flexibility index (Phi) is 5.99. The molecule has 4 rings (SSSR count). The van der Waals surface area contributed by atoms with E-state index in [1.165, 1.54) is 27.8 Å². The van der Waals surface area contributed by atoms with Crippen LogP contribution >= 0.6 is 22.6 Å². The Morgan fingerprint density at radius 2 is 1.69 bits per heavy atom. The summed E-state index contributed by atoms with van der Waals surface area (Å²) in [4.78, 5) is 26.4. The van der Waals surface area contributed by atoms with Gasteiger partial charge in [0.1, 0.15) is 5.75 Å². The normalized spacial score (nSPS) is 11.7. The number of nitrogens with zero attached hydrogens (tertiary/aromatic N) is 1. The number of H-pyrrole nitrogens is 1. The van der Waals surface area contributed by atoms with Gasteiger partial charge in [0.15, 0.2) is 0 Å². The largest absolute Gasteiger partial charge is 0.496 e. The highest BCUT2D eigenvalue weighted by Crippen LogP contribution is 2.41. The molecular formula is C26H25IN2O3. The predicted molar refractivity (Wildman–Crippen MR) is 139 cm³/mol. The first kappa shape index (κ1) is 22.3. The second kappa shape index (κ2) is 8.58. The highest BCUT2D eigenvalue weighted by Gasteiger charge is 2.24. The van der Waals surface area contributed by atoms with Crippen LogP contribution in [0, 0.1) is 0 Å². The molecule has 4 aromatic rings. The Morgan fingerprint density at radius 1 is 0.969 bits per heavy atom. The van der Waals surface area contributed by atoms with Crippen molar-refractivity contribution in [3.8, 4) is 22.6 Å². The summed E-state index contributed by atoms with van der Waals surface area (Å²) < 4.78 is 8.32. The van der Waals surface area contributed by atoms with Crippen molar-refractivity contribution in [1.29, 1.82) is 0 Å². The van der Waals surface area contributed by atoms with Gasteiger partial charge < -0.3 is 4.74 Å². The molecule has 0 amide bonds. The van der Waals surface area contributed by atoms with E-state index < -0.39 is 11.2 Å². The first-order chi connectivity index (χ1) is 15.2. The van der Waals surface area contributed by atoms with Gasteiger partial charge >= 0.3 is 5.69 Å². The van der Waals surface area contributed by atoms with Crippen LogP contribution in [0.2, 0.25) is 0 Å². The fourth-order valence-corrected chi connectivity index (χ4v) is 4.38. The SMILES string of the molecule is COc1c(-c2ccc3cc(CI)ccc3c2)cc(-n2ccc(=O)[nH]c2=O)cc1C(C)(C)C. The molecule has 32 heavy (non-hydrogen) atoms. The number of alkyl halides is 1. The van der Waals surface area contributed by atoms with Crippen molar-refractivity contribution in [2.75, 3.05) is 7.11 Å². The molecule has 0 fully saturated rings.